The Morgan fingerprint density at radius 1 is 1.45 bits per heavy atom. The molecule has 1 amide bonds. The normalized spacial score (nSPS) is 22.4. The third-order valence-corrected chi connectivity index (χ3v) is 4.48. The number of carbonyl (C=O) groups excluding carboxylic acids is 1. The first-order valence-corrected chi connectivity index (χ1v) is 7.62. The standard InChI is InChI=1S/C16H20N2O4/c19-14(5-7-18-6-1-2-13(18)16(21)22)10-3-4-12-11(8-10)9-15(20)17-12/h3-4,8,13-14,19H,1-2,5-7,9H2,(H,17,20)(H,21,22). The van der Waals surface area contributed by atoms with Crippen molar-refractivity contribution in [2.24, 2.45) is 0 Å². The number of likely N-dealkylation sites (tertiary alicyclic amines) is 1. The molecule has 22 heavy (non-hydrogen) atoms. The van der Waals surface area contributed by atoms with Crippen LogP contribution in [-0.4, -0.2) is 46.1 Å². The molecule has 2 unspecified atom stereocenters. The highest BCUT2D eigenvalue weighted by atomic mass is 16.4. The predicted molar refractivity (Wildman–Crippen MR) is 80.6 cm³/mol. The average molecular weight is 304 g/mol. The Morgan fingerprint density at radius 2 is 2.27 bits per heavy atom. The van der Waals surface area contributed by atoms with E-state index in [1.165, 1.54) is 0 Å². The maximum Gasteiger partial charge on any atom is 0.320 e. The average Bonchev–Trinajstić information content (AvgIpc) is 3.08. The zero-order valence-corrected chi connectivity index (χ0v) is 12.3. The first-order chi connectivity index (χ1) is 10.5. The van der Waals surface area contributed by atoms with Crippen LogP contribution in [0.5, 0.6) is 0 Å². The summed E-state index contributed by atoms with van der Waals surface area (Å²) in [5.41, 5.74) is 2.50. The number of carboxylic acid groups (broad SMARTS) is 1. The topological polar surface area (TPSA) is 89.9 Å². The Labute approximate surface area is 128 Å². The zero-order valence-electron chi connectivity index (χ0n) is 12.3. The largest absolute Gasteiger partial charge is 0.480 e. The smallest absolute Gasteiger partial charge is 0.320 e. The minimum Gasteiger partial charge on any atom is -0.480 e. The van der Waals surface area contributed by atoms with Crippen LogP contribution in [0.4, 0.5) is 5.69 Å². The summed E-state index contributed by atoms with van der Waals surface area (Å²) in [6, 6.07) is 5.06. The fourth-order valence-electron chi connectivity index (χ4n) is 3.28. The van der Waals surface area contributed by atoms with Crippen molar-refractivity contribution in [2.75, 3.05) is 18.4 Å². The molecule has 6 heteroatoms. The predicted octanol–water partition coefficient (Wildman–Crippen LogP) is 1.15. The molecule has 2 atom stereocenters. The van der Waals surface area contributed by atoms with Gasteiger partial charge in [0.1, 0.15) is 6.04 Å². The molecule has 6 nitrogen and oxygen atoms in total. The molecule has 118 valence electrons. The second-order valence-corrected chi connectivity index (χ2v) is 5.98. The number of carbonyl (C=O) groups is 2. The van der Waals surface area contributed by atoms with Crippen LogP contribution in [0.1, 0.15) is 36.5 Å². The van der Waals surface area contributed by atoms with Gasteiger partial charge in [-0.1, -0.05) is 12.1 Å². The van der Waals surface area contributed by atoms with Crippen molar-refractivity contribution in [1.82, 2.24) is 4.90 Å². The Hall–Kier alpha value is -1.92. The number of rotatable bonds is 5. The van der Waals surface area contributed by atoms with E-state index in [9.17, 15) is 14.7 Å². The fourth-order valence-corrected chi connectivity index (χ4v) is 3.28. The van der Waals surface area contributed by atoms with Gasteiger partial charge in [0.15, 0.2) is 0 Å². The molecule has 0 aromatic heterocycles. The van der Waals surface area contributed by atoms with Gasteiger partial charge in [0.25, 0.3) is 0 Å². The Morgan fingerprint density at radius 3 is 3.05 bits per heavy atom. The van der Waals surface area contributed by atoms with Gasteiger partial charge >= 0.3 is 5.97 Å². The molecule has 2 aliphatic rings. The molecule has 2 heterocycles. The van der Waals surface area contributed by atoms with Crippen molar-refractivity contribution in [2.45, 2.75) is 37.8 Å². The Bertz CT molecular complexity index is 602. The number of anilines is 1. The SMILES string of the molecule is O=C1Cc2cc(C(O)CCN3CCCC3C(=O)O)ccc2N1. The van der Waals surface area contributed by atoms with E-state index >= 15 is 0 Å². The highest BCUT2D eigenvalue weighted by Gasteiger charge is 2.30. The van der Waals surface area contributed by atoms with Gasteiger partial charge in [-0.05, 0) is 43.0 Å². The van der Waals surface area contributed by atoms with E-state index in [1.807, 2.05) is 23.1 Å². The van der Waals surface area contributed by atoms with E-state index in [0.29, 0.717) is 25.8 Å². The van der Waals surface area contributed by atoms with Gasteiger partial charge in [-0.3, -0.25) is 14.5 Å². The number of hydrogen-bond donors (Lipinski definition) is 3. The van der Waals surface area contributed by atoms with Crippen LogP contribution in [-0.2, 0) is 16.0 Å². The van der Waals surface area contributed by atoms with E-state index in [1.54, 1.807) is 0 Å². The second-order valence-electron chi connectivity index (χ2n) is 5.98. The molecule has 1 saturated heterocycles. The number of benzene rings is 1. The number of aliphatic hydroxyl groups excluding tert-OH is 1. The maximum atomic E-state index is 11.3. The summed E-state index contributed by atoms with van der Waals surface area (Å²) in [6.07, 6.45) is 1.76. The van der Waals surface area contributed by atoms with Crippen LogP contribution in [0.25, 0.3) is 0 Å². The third kappa shape index (κ3) is 2.98. The lowest BCUT2D eigenvalue weighted by molar-refractivity contribution is -0.142. The number of aliphatic hydroxyl groups is 1. The van der Waals surface area contributed by atoms with Crippen LogP contribution in [0.15, 0.2) is 18.2 Å². The van der Waals surface area contributed by atoms with Crippen molar-refractivity contribution in [3.63, 3.8) is 0 Å². The van der Waals surface area contributed by atoms with Gasteiger partial charge in [0, 0.05) is 12.2 Å². The highest BCUT2D eigenvalue weighted by molar-refractivity contribution is 5.99. The van der Waals surface area contributed by atoms with Gasteiger partial charge in [0.2, 0.25) is 5.91 Å². The number of amides is 1. The summed E-state index contributed by atoms with van der Waals surface area (Å²) in [5, 5.41) is 22.2. The summed E-state index contributed by atoms with van der Waals surface area (Å²) in [6.45, 7) is 1.33. The van der Waals surface area contributed by atoms with E-state index < -0.39 is 18.1 Å². The molecular formula is C16H20N2O4. The second kappa shape index (κ2) is 6.06. The van der Waals surface area contributed by atoms with Gasteiger partial charge in [-0.2, -0.15) is 0 Å². The van der Waals surface area contributed by atoms with E-state index in [0.717, 1.165) is 29.8 Å². The summed E-state index contributed by atoms with van der Waals surface area (Å²) in [7, 11) is 0. The van der Waals surface area contributed by atoms with Crippen LogP contribution in [0.3, 0.4) is 0 Å². The fraction of sp³-hybridized carbons (Fsp3) is 0.500. The summed E-state index contributed by atoms with van der Waals surface area (Å²) >= 11 is 0. The number of hydrogen-bond acceptors (Lipinski definition) is 4. The van der Waals surface area contributed by atoms with Crippen LogP contribution in [0.2, 0.25) is 0 Å². The molecule has 3 rings (SSSR count). The van der Waals surface area contributed by atoms with Crippen LogP contribution >= 0.6 is 0 Å². The van der Waals surface area contributed by atoms with Crippen molar-refractivity contribution in [3.8, 4) is 0 Å². The van der Waals surface area contributed by atoms with Gasteiger partial charge in [0.05, 0.1) is 12.5 Å². The minimum atomic E-state index is -0.783. The molecule has 1 fully saturated rings. The monoisotopic (exact) mass is 304 g/mol. The lowest BCUT2D eigenvalue weighted by Gasteiger charge is -2.22. The summed E-state index contributed by atoms with van der Waals surface area (Å²) < 4.78 is 0. The summed E-state index contributed by atoms with van der Waals surface area (Å²) in [4.78, 5) is 24.4. The Balaban J connectivity index is 1.61. The van der Waals surface area contributed by atoms with Crippen LogP contribution in [0, 0.1) is 0 Å². The minimum absolute atomic E-state index is 0.0250. The summed E-state index contributed by atoms with van der Waals surface area (Å²) in [5.74, 6) is -0.808. The molecule has 2 aliphatic heterocycles. The molecule has 0 bridgehead atoms. The van der Waals surface area contributed by atoms with Gasteiger partial charge in [-0.15, -0.1) is 0 Å². The number of fused-ring (bicyclic) bond motifs is 1. The van der Waals surface area contributed by atoms with Crippen molar-refractivity contribution in [3.05, 3.63) is 29.3 Å². The highest BCUT2D eigenvalue weighted by Crippen LogP contribution is 2.28. The quantitative estimate of drug-likeness (QED) is 0.759. The third-order valence-electron chi connectivity index (χ3n) is 4.48. The van der Waals surface area contributed by atoms with E-state index in [2.05, 4.69) is 5.32 Å². The lowest BCUT2D eigenvalue weighted by atomic mass is 10.0. The molecule has 1 aromatic carbocycles. The molecule has 0 spiro atoms. The number of nitrogens with one attached hydrogen (secondary N) is 1. The van der Waals surface area contributed by atoms with Crippen molar-refractivity contribution < 1.29 is 19.8 Å². The molecule has 0 radical (unpaired) electrons. The number of nitrogens with zero attached hydrogens (tertiary/aromatic N) is 1. The molecule has 0 saturated carbocycles. The maximum absolute atomic E-state index is 11.3. The van der Waals surface area contributed by atoms with Crippen molar-refractivity contribution in [1.29, 1.82) is 0 Å². The van der Waals surface area contributed by atoms with Gasteiger partial charge < -0.3 is 15.5 Å². The molecule has 1 aromatic rings. The molecule has 3 N–H and O–H groups in total. The van der Waals surface area contributed by atoms with E-state index in [4.69, 9.17) is 5.11 Å². The van der Waals surface area contributed by atoms with E-state index in [-0.39, 0.29) is 5.91 Å². The zero-order chi connectivity index (χ0) is 15.7. The first kappa shape index (κ1) is 15.0. The van der Waals surface area contributed by atoms with Crippen molar-refractivity contribution >= 4 is 17.6 Å². The lowest BCUT2D eigenvalue weighted by Crippen LogP contribution is -2.37. The first-order valence-electron chi connectivity index (χ1n) is 7.62. The molecular weight excluding hydrogens is 284 g/mol. The van der Waals surface area contributed by atoms with Crippen LogP contribution < -0.4 is 5.32 Å². The van der Waals surface area contributed by atoms with Gasteiger partial charge in [-0.25, -0.2) is 0 Å². The Kier molecular flexibility index (Phi) is 4.13. The number of aliphatic carboxylic acids is 1. The number of carboxylic acids is 1. The molecule has 0 aliphatic carbocycles.